The number of carbonyl (C=O) groups is 2. The lowest BCUT2D eigenvalue weighted by atomic mass is 10.1. The van der Waals surface area contributed by atoms with E-state index in [-0.39, 0.29) is 17.4 Å². The number of rotatable bonds is 7. The highest BCUT2D eigenvalue weighted by Gasteiger charge is 2.33. The summed E-state index contributed by atoms with van der Waals surface area (Å²) in [5, 5.41) is 3.21. The summed E-state index contributed by atoms with van der Waals surface area (Å²) in [5.41, 5.74) is 0.177. The number of H-pyrrole nitrogens is 1. The number of nitrogens with zero attached hydrogens (tertiary/aromatic N) is 3. The predicted molar refractivity (Wildman–Crippen MR) is 145 cm³/mol. The van der Waals surface area contributed by atoms with Crippen molar-refractivity contribution in [1.82, 2.24) is 19.8 Å². The first-order valence-electron chi connectivity index (χ1n) is 12.5. The molecule has 0 bridgehead atoms. The van der Waals surface area contributed by atoms with Gasteiger partial charge in [-0.1, -0.05) is 17.5 Å². The number of aromatic amines is 1. The van der Waals surface area contributed by atoms with E-state index in [9.17, 15) is 22.8 Å². The fourth-order valence-electron chi connectivity index (χ4n) is 4.09. The van der Waals surface area contributed by atoms with Gasteiger partial charge in [0, 0.05) is 61.7 Å². The van der Waals surface area contributed by atoms with Crippen LogP contribution in [0, 0.1) is 11.8 Å². The molecule has 0 unspecified atom stereocenters. The van der Waals surface area contributed by atoms with Crippen LogP contribution in [-0.4, -0.2) is 70.9 Å². The molecule has 0 spiro atoms. The first-order chi connectivity index (χ1) is 19.1. The fourth-order valence-corrected chi connectivity index (χ4v) is 4.21. The molecule has 210 valence electrons. The number of ether oxygens (including phenoxy) is 1. The molecule has 0 aliphatic carbocycles. The second kappa shape index (κ2) is 12.9. The number of nitrogens with one attached hydrogen (secondary N) is 2. The number of aromatic nitrogens is 2. The zero-order chi connectivity index (χ0) is 28.7. The number of amides is 2. The monoisotopic (exact) mass is 573 g/mol. The normalized spacial score (nSPS) is 13.9. The van der Waals surface area contributed by atoms with E-state index in [1.807, 2.05) is 4.90 Å². The van der Waals surface area contributed by atoms with Gasteiger partial charge < -0.3 is 19.9 Å². The third-order valence-corrected chi connectivity index (χ3v) is 6.49. The van der Waals surface area contributed by atoms with Crippen molar-refractivity contribution >= 4 is 29.1 Å². The minimum atomic E-state index is -4.57. The van der Waals surface area contributed by atoms with Gasteiger partial charge >= 0.3 is 12.1 Å². The largest absolute Gasteiger partial charge is 0.491 e. The van der Waals surface area contributed by atoms with Crippen LogP contribution < -0.4 is 10.1 Å². The second-order valence-corrected chi connectivity index (χ2v) is 9.55. The Bertz CT molecular complexity index is 1410. The molecule has 3 aromatic rings. The van der Waals surface area contributed by atoms with Gasteiger partial charge in [-0.25, -0.2) is 4.98 Å². The van der Waals surface area contributed by atoms with Gasteiger partial charge in [0.05, 0.1) is 18.5 Å². The molecule has 2 heterocycles. The van der Waals surface area contributed by atoms with E-state index in [0.717, 1.165) is 19.6 Å². The Labute approximate surface area is 234 Å². The molecule has 2 aromatic carbocycles. The lowest BCUT2D eigenvalue weighted by Gasteiger charge is -2.34. The van der Waals surface area contributed by atoms with Crippen molar-refractivity contribution in [3.8, 4) is 29.0 Å². The SMILES string of the molecule is CC(=O)N1CCN(CCCOc2ccc(-c3ncc(C(F)(F)F)[nH]3)cc2NC(=O)C#Cc2ccc(Cl)cc2)CC1. The van der Waals surface area contributed by atoms with Crippen LogP contribution in [0.25, 0.3) is 11.4 Å². The molecule has 0 atom stereocenters. The van der Waals surface area contributed by atoms with Gasteiger partial charge in [0.2, 0.25) is 5.91 Å². The highest BCUT2D eigenvalue weighted by Crippen LogP contribution is 2.33. The Hall–Kier alpha value is -4.01. The van der Waals surface area contributed by atoms with E-state index in [2.05, 4.69) is 32.0 Å². The Morgan fingerprint density at radius 3 is 2.50 bits per heavy atom. The molecular weight excluding hydrogens is 547 g/mol. The Balaban J connectivity index is 1.44. The van der Waals surface area contributed by atoms with Crippen molar-refractivity contribution in [2.24, 2.45) is 0 Å². The third-order valence-electron chi connectivity index (χ3n) is 6.24. The van der Waals surface area contributed by atoms with Gasteiger partial charge in [-0.15, -0.1) is 0 Å². The molecule has 1 aliphatic heterocycles. The topological polar surface area (TPSA) is 90.6 Å². The van der Waals surface area contributed by atoms with Crippen LogP contribution in [0.4, 0.5) is 18.9 Å². The minimum absolute atomic E-state index is 0.00803. The number of alkyl halides is 3. The summed E-state index contributed by atoms with van der Waals surface area (Å²) in [6, 6.07) is 11.3. The number of carbonyl (C=O) groups excluding carboxylic acids is 2. The summed E-state index contributed by atoms with van der Waals surface area (Å²) < 4.78 is 45.1. The van der Waals surface area contributed by atoms with Crippen LogP contribution in [0.1, 0.15) is 24.6 Å². The summed E-state index contributed by atoms with van der Waals surface area (Å²) in [5.74, 6) is 5.01. The third kappa shape index (κ3) is 8.00. The van der Waals surface area contributed by atoms with Gasteiger partial charge in [0.1, 0.15) is 17.3 Å². The summed E-state index contributed by atoms with van der Waals surface area (Å²) >= 11 is 5.88. The number of anilines is 1. The van der Waals surface area contributed by atoms with Crippen molar-refractivity contribution in [2.45, 2.75) is 19.5 Å². The molecule has 1 saturated heterocycles. The lowest BCUT2D eigenvalue weighted by Crippen LogP contribution is -2.48. The zero-order valence-electron chi connectivity index (χ0n) is 21.6. The van der Waals surface area contributed by atoms with E-state index in [0.29, 0.717) is 54.2 Å². The molecule has 1 aliphatic rings. The average molecular weight is 574 g/mol. The highest BCUT2D eigenvalue weighted by atomic mass is 35.5. The lowest BCUT2D eigenvalue weighted by molar-refractivity contribution is -0.140. The van der Waals surface area contributed by atoms with Crippen LogP contribution in [-0.2, 0) is 15.8 Å². The van der Waals surface area contributed by atoms with Crippen LogP contribution in [0.2, 0.25) is 5.02 Å². The minimum Gasteiger partial charge on any atom is -0.491 e. The van der Waals surface area contributed by atoms with Crippen LogP contribution in [0.15, 0.2) is 48.7 Å². The van der Waals surface area contributed by atoms with Gasteiger partial charge in [0.15, 0.2) is 0 Å². The molecule has 40 heavy (non-hydrogen) atoms. The van der Waals surface area contributed by atoms with E-state index in [1.54, 1.807) is 43.3 Å². The molecule has 8 nitrogen and oxygen atoms in total. The maximum atomic E-state index is 13.0. The van der Waals surface area contributed by atoms with Crippen molar-refractivity contribution < 1.29 is 27.5 Å². The molecule has 4 rings (SSSR count). The van der Waals surface area contributed by atoms with Gasteiger partial charge in [-0.2, -0.15) is 13.2 Å². The van der Waals surface area contributed by atoms with Crippen LogP contribution in [0.3, 0.4) is 0 Å². The predicted octanol–water partition coefficient (Wildman–Crippen LogP) is 4.67. The number of hydrogen-bond donors (Lipinski definition) is 2. The summed E-state index contributed by atoms with van der Waals surface area (Å²) in [6.07, 6.45) is -3.16. The maximum Gasteiger partial charge on any atom is 0.432 e. The molecule has 1 aromatic heterocycles. The van der Waals surface area contributed by atoms with E-state index < -0.39 is 17.8 Å². The summed E-state index contributed by atoms with van der Waals surface area (Å²) in [4.78, 5) is 34.3. The molecule has 12 heteroatoms. The standard InChI is InChI=1S/C28H27ClF3N5O3/c1-19(38)37-14-12-36(13-15-37)11-2-16-40-24-9-6-21(27-33-18-25(35-27)28(30,31)32)17-23(24)34-26(39)10-5-20-3-7-22(29)8-4-20/h3-4,6-9,17-18H,2,11-16H2,1H3,(H,33,35)(H,34,39). The molecule has 0 saturated carbocycles. The molecule has 2 amide bonds. The quantitative estimate of drug-likeness (QED) is 0.317. The smallest absolute Gasteiger partial charge is 0.432 e. The molecular formula is C28H27ClF3N5O3. The molecule has 2 N–H and O–H groups in total. The number of hydrogen-bond acceptors (Lipinski definition) is 5. The van der Waals surface area contributed by atoms with Crippen molar-refractivity contribution in [2.75, 3.05) is 44.6 Å². The number of benzene rings is 2. The van der Waals surface area contributed by atoms with Gasteiger partial charge in [-0.3, -0.25) is 14.5 Å². The number of halogens is 4. The van der Waals surface area contributed by atoms with Gasteiger partial charge in [-0.05, 0) is 48.9 Å². The first-order valence-corrected chi connectivity index (χ1v) is 12.9. The van der Waals surface area contributed by atoms with Crippen molar-refractivity contribution in [1.29, 1.82) is 0 Å². The summed E-state index contributed by atoms with van der Waals surface area (Å²) in [7, 11) is 0. The number of imidazole rings is 1. The second-order valence-electron chi connectivity index (χ2n) is 9.11. The maximum absolute atomic E-state index is 13.0. The van der Waals surface area contributed by atoms with Crippen molar-refractivity contribution in [3.05, 3.63) is 64.9 Å². The molecule has 1 fully saturated rings. The van der Waals surface area contributed by atoms with Crippen molar-refractivity contribution in [3.63, 3.8) is 0 Å². The fraction of sp³-hybridized carbons (Fsp3) is 0.321. The van der Waals surface area contributed by atoms with E-state index >= 15 is 0 Å². The Kier molecular flexibility index (Phi) is 9.34. The Morgan fingerprint density at radius 2 is 1.85 bits per heavy atom. The summed E-state index contributed by atoms with van der Waals surface area (Å²) in [6.45, 7) is 5.61. The molecule has 0 radical (unpaired) electrons. The first kappa shape index (κ1) is 29.0. The average Bonchev–Trinajstić information content (AvgIpc) is 3.43. The highest BCUT2D eigenvalue weighted by molar-refractivity contribution is 6.30. The van der Waals surface area contributed by atoms with Crippen LogP contribution >= 0.6 is 11.6 Å². The zero-order valence-corrected chi connectivity index (χ0v) is 22.4. The Morgan fingerprint density at radius 1 is 1.12 bits per heavy atom. The number of piperazine rings is 1. The van der Waals surface area contributed by atoms with E-state index in [4.69, 9.17) is 16.3 Å². The van der Waals surface area contributed by atoms with Crippen LogP contribution in [0.5, 0.6) is 5.75 Å². The van der Waals surface area contributed by atoms with Gasteiger partial charge in [0.25, 0.3) is 0 Å². The van der Waals surface area contributed by atoms with E-state index in [1.165, 1.54) is 6.07 Å².